The van der Waals surface area contributed by atoms with Gasteiger partial charge < -0.3 is 19.7 Å². The Morgan fingerprint density at radius 3 is 3.29 bits per heavy atom. The normalized spacial score (nSPS) is 28.2. The molecule has 3 heterocycles. The van der Waals surface area contributed by atoms with Crippen molar-refractivity contribution in [3.8, 4) is 0 Å². The van der Waals surface area contributed by atoms with Crippen molar-refractivity contribution in [1.82, 2.24) is 14.9 Å². The van der Waals surface area contributed by atoms with Gasteiger partial charge in [-0.15, -0.1) is 0 Å². The minimum Gasteiger partial charge on any atom is -0.396 e. The lowest BCUT2D eigenvalue weighted by Gasteiger charge is -2.24. The molecule has 0 aliphatic carbocycles. The molecule has 0 spiro atoms. The van der Waals surface area contributed by atoms with Gasteiger partial charge >= 0.3 is 0 Å². The van der Waals surface area contributed by atoms with Gasteiger partial charge in [0.25, 0.3) is 5.91 Å². The molecule has 2 aromatic rings. The summed E-state index contributed by atoms with van der Waals surface area (Å²) in [5, 5.41) is 9.68. The number of imidazole rings is 1. The van der Waals surface area contributed by atoms with Gasteiger partial charge in [-0.1, -0.05) is 0 Å². The molecule has 2 N–H and O–H groups in total. The van der Waals surface area contributed by atoms with Gasteiger partial charge in [0.05, 0.1) is 37.2 Å². The molecule has 21 heavy (non-hydrogen) atoms. The van der Waals surface area contributed by atoms with Crippen molar-refractivity contribution in [3.63, 3.8) is 0 Å². The van der Waals surface area contributed by atoms with Gasteiger partial charge in [-0.2, -0.15) is 0 Å². The third kappa shape index (κ3) is 1.86. The second-order valence-electron chi connectivity index (χ2n) is 6.05. The van der Waals surface area contributed by atoms with Gasteiger partial charge in [0, 0.05) is 30.0 Å². The van der Waals surface area contributed by atoms with E-state index in [1.807, 2.05) is 23.1 Å². The topological polar surface area (TPSA) is 78.5 Å². The summed E-state index contributed by atoms with van der Waals surface area (Å²) in [6.07, 6.45) is 1.62. The minimum absolute atomic E-state index is 0.00808. The number of aliphatic hydroxyl groups excluding tert-OH is 1. The van der Waals surface area contributed by atoms with E-state index in [0.29, 0.717) is 31.9 Å². The zero-order chi connectivity index (χ0) is 14.4. The highest BCUT2D eigenvalue weighted by Gasteiger charge is 2.51. The first-order chi connectivity index (χ1) is 10.2. The van der Waals surface area contributed by atoms with Gasteiger partial charge in [0.15, 0.2) is 0 Å². The number of benzene rings is 1. The zero-order valence-corrected chi connectivity index (χ0v) is 11.6. The van der Waals surface area contributed by atoms with Crippen LogP contribution in [0.5, 0.6) is 0 Å². The Kier molecular flexibility index (Phi) is 2.77. The molecule has 4 rings (SSSR count). The highest BCUT2D eigenvalue weighted by molar-refractivity contribution is 5.97. The van der Waals surface area contributed by atoms with E-state index in [0.717, 1.165) is 11.0 Å². The van der Waals surface area contributed by atoms with Crippen molar-refractivity contribution in [2.45, 2.75) is 0 Å². The van der Waals surface area contributed by atoms with Gasteiger partial charge in [0.1, 0.15) is 0 Å². The number of carbonyl (C=O) groups is 1. The fraction of sp³-hybridized carbons (Fsp3) is 0.467. The van der Waals surface area contributed by atoms with E-state index < -0.39 is 0 Å². The van der Waals surface area contributed by atoms with E-state index >= 15 is 0 Å². The molecular weight excluding hydrogens is 270 g/mol. The van der Waals surface area contributed by atoms with Crippen molar-refractivity contribution >= 4 is 16.9 Å². The molecule has 2 aliphatic heterocycles. The number of aromatic nitrogens is 2. The molecule has 1 aromatic heterocycles. The lowest BCUT2D eigenvalue weighted by atomic mass is 9.82. The first kappa shape index (κ1) is 12.8. The van der Waals surface area contributed by atoms with E-state index in [2.05, 4.69) is 9.97 Å². The third-order valence-electron chi connectivity index (χ3n) is 4.79. The van der Waals surface area contributed by atoms with E-state index in [1.54, 1.807) is 6.33 Å². The number of H-pyrrole nitrogens is 1. The molecule has 110 valence electrons. The average molecular weight is 287 g/mol. The number of hydrogen-bond donors (Lipinski definition) is 2. The van der Waals surface area contributed by atoms with Crippen molar-refractivity contribution < 1.29 is 14.6 Å². The molecule has 0 saturated carbocycles. The second-order valence-corrected chi connectivity index (χ2v) is 6.05. The van der Waals surface area contributed by atoms with Crippen molar-refractivity contribution in [2.24, 2.45) is 11.3 Å². The fourth-order valence-corrected chi connectivity index (χ4v) is 3.46. The van der Waals surface area contributed by atoms with Crippen LogP contribution >= 0.6 is 0 Å². The smallest absolute Gasteiger partial charge is 0.253 e. The maximum atomic E-state index is 12.7. The van der Waals surface area contributed by atoms with E-state index in [9.17, 15) is 9.90 Å². The van der Waals surface area contributed by atoms with Gasteiger partial charge in [-0.05, 0) is 18.2 Å². The molecule has 6 heteroatoms. The van der Waals surface area contributed by atoms with Gasteiger partial charge in [0.2, 0.25) is 0 Å². The molecule has 2 fully saturated rings. The van der Waals surface area contributed by atoms with Crippen molar-refractivity contribution in [3.05, 3.63) is 30.1 Å². The van der Waals surface area contributed by atoms with Crippen LogP contribution in [0.15, 0.2) is 24.5 Å². The summed E-state index contributed by atoms with van der Waals surface area (Å²) in [4.78, 5) is 21.7. The maximum Gasteiger partial charge on any atom is 0.253 e. The molecule has 0 bridgehead atoms. The number of nitrogens with one attached hydrogen (secondary N) is 1. The van der Waals surface area contributed by atoms with Crippen LogP contribution in [0.3, 0.4) is 0 Å². The van der Waals surface area contributed by atoms with Crippen molar-refractivity contribution in [1.29, 1.82) is 0 Å². The van der Waals surface area contributed by atoms with E-state index in [-0.39, 0.29) is 23.8 Å². The maximum absolute atomic E-state index is 12.7. The van der Waals surface area contributed by atoms with Crippen LogP contribution in [0, 0.1) is 11.3 Å². The summed E-state index contributed by atoms with van der Waals surface area (Å²) in [6.45, 7) is 2.46. The van der Waals surface area contributed by atoms with Crippen LogP contribution in [0.1, 0.15) is 10.4 Å². The number of ether oxygens (including phenoxy) is 1. The molecule has 0 radical (unpaired) electrons. The van der Waals surface area contributed by atoms with Crippen LogP contribution in [0.2, 0.25) is 0 Å². The molecular formula is C15H17N3O3. The number of aliphatic hydroxyl groups is 1. The number of rotatable bonds is 2. The quantitative estimate of drug-likeness (QED) is 0.850. The Hall–Kier alpha value is -1.92. The first-order valence-electron chi connectivity index (χ1n) is 7.13. The Morgan fingerprint density at radius 2 is 2.48 bits per heavy atom. The summed E-state index contributed by atoms with van der Waals surface area (Å²) in [7, 11) is 0. The second kappa shape index (κ2) is 4.54. The summed E-state index contributed by atoms with van der Waals surface area (Å²) in [5.74, 6) is 0.246. The molecule has 1 aromatic carbocycles. The van der Waals surface area contributed by atoms with Crippen LogP contribution in [0.25, 0.3) is 11.0 Å². The lowest BCUT2D eigenvalue weighted by molar-refractivity contribution is 0.0631. The van der Waals surface area contributed by atoms with E-state index in [1.165, 1.54) is 0 Å². The van der Waals surface area contributed by atoms with Crippen LogP contribution < -0.4 is 0 Å². The van der Waals surface area contributed by atoms with Crippen molar-refractivity contribution in [2.75, 3.05) is 32.9 Å². The predicted octanol–water partition coefficient (Wildman–Crippen LogP) is 0.644. The minimum atomic E-state index is -0.270. The molecule has 6 nitrogen and oxygen atoms in total. The van der Waals surface area contributed by atoms with E-state index in [4.69, 9.17) is 4.74 Å². The third-order valence-corrected chi connectivity index (χ3v) is 4.79. The molecule has 2 atom stereocenters. The summed E-state index contributed by atoms with van der Waals surface area (Å²) < 4.78 is 5.48. The number of carbonyl (C=O) groups excluding carboxylic acids is 1. The fourth-order valence-electron chi connectivity index (χ4n) is 3.46. The number of aromatic amines is 1. The van der Waals surface area contributed by atoms with Crippen LogP contribution in [-0.2, 0) is 4.74 Å². The molecule has 1 amide bonds. The SMILES string of the molecule is O=C(c1ccc2nc[nH]c2c1)N1C[C@H]2COC[C@@]2(CO)C1. The standard InChI is InChI=1S/C15H17N3O3/c19-7-15-6-18(4-11(15)5-21-8-15)14(20)10-1-2-12-13(3-10)17-9-16-12/h1-3,9,11,19H,4-8H2,(H,16,17)/t11-,15-/m0/s1. The predicted molar refractivity (Wildman–Crippen MR) is 75.8 cm³/mol. The summed E-state index contributed by atoms with van der Waals surface area (Å²) in [5.41, 5.74) is 2.10. The summed E-state index contributed by atoms with van der Waals surface area (Å²) >= 11 is 0. The number of amides is 1. The van der Waals surface area contributed by atoms with Crippen LogP contribution in [0.4, 0.5) is 0 Å². The van der Waals surface area contributed by atoms with Gasteiger partial charge in [-0.3, -0.25) is 4.79 Å². The zero-order valence-electron chi connectivity index (χ0n) is 11.6. The average Bonchev–Trinajstić information content (AvgIpc) is 3.18. The number of nitrogens with zero attached hydrogens (tertiary/aromatic N) is 2. The number of hydrogen-bond acceptors (Lipinski definition) is 4. The first-order valence-corrected chi connectivity index (χ1v) is 7.13. The Morgan fingerprint density at radius 1 is 1.57 bits per heavy atom. The number of fused-ring (bicyclic) bond motifs is 2. The summed E-state index contributed by atoms with van der Waals surface area (Å²) in [6, 6.07) is 5.49. The van der Waals surface area contributed by atoms with Gasteiger partial charge in [-0.25, -0.2) is 4.98 Å². The molecule has 0 unspecified atom stereocenters. The Labute approximate surface area is 121 Å². The molecule has 2 aliphatic rings. The highest BCUT2D eigenvalue weighted by Crippen LogP contribution is 2.41. The molecule has 2 saturated heterocycles. The monoisotopic (exact) mass is 287 g/mol. The number of likely N-dealkylation sites (tertiary alicyclic amines) is 1. The highest BCUT2D eigenvalue weighted by atomic mass is 16.5. The largest absolute Gasteiger partial charge is 0.396 e. The Bertz CT molecular complexity index is 698. The van der Waals surface area contributed by atoms with Crippen LogP contribution in [-0.4, -0.2) is 58.8 Å². The Balaban J connectivity index is 1.60. The lowest BCUT2D eigenvalue weighted by Crippen LogP contribution is -2.36.